The van der Waals surface area contributed by atoms with Crippen LogP contribution in [-0.2, 0) is 0 Å². The van der Waals surface area contributed by atoms with Crippen molar-refractivity contribution in [2.45, 2.75) is 26.1 Å². The molecule has 1 aromatic carbocycles. The van der Waals surface area contributed by atoms with Crippen LogP contribution in [0, 0.1) is 13.8 Å². The van der Waals surface area contributed by atoms with Crippen molar-refractivity contribution in [1.82, 2.24) is 4.57 Å². The van der Waals surface area contributed by atoms with Crippen LogP contribution < -0.4 is 0 Å². The van der Waals surface area contributed by atoms with Gasteiger partial charge in [-0.05, 0) is 32.0 Å². The molecule has 0 saturated heterocycles. The fourth-order valence-electron chi connectivity index (χ4n) is 2.35. The summed E-state index contributed by atoms with van der Waals surface area (Å²) in [5, 5.41) is 19.8. The summed E-state index contributed by atoms with van der Waals surface area (Å²) >= 11 is 5.60. The number of aromatic nitrogens is 1. The Morgan fingerprint density at radius 2 is 1.79 bits per heavy atom. The average molecular weight is 280 g/mol. The maximum absolute atomic E-state index is 10.1. The SMILES string of the molecule is Cc1cc(C(O)C(O)CCl)c(C)n1-c1ccccc1. The highest BCUT2D eigenvalue weighted by atomic mass is 35.5. The quantitative estimate of drug-likeness (QED) is 0.846. The van der Waals surface area contributed by atoms with Crippen LogP contribution in [0.4, 0.5) is 0 Å². The first kappa shape index (κ1) is 14.1. The minimum atomic E-state index is -0.957. The number of benzene rings is 1. The molecule has 2 N–H and O–H groups in total. The molecule has 1 heterocycles. The lowest BCUT2D eigenvalue weighted by atomic mass is 10.1. The van der Waals surface area contributed by atoms with E-state index in [2.05, 4.69) is 4.57 Å². The first-order valence-electron chi connectivity index (χ1n) is 6.22. The highest BCUT2D eigenvalue weighted by Gasteiger charge is 2.22. The summed E-state index contributed by atoms with van der Waals surface area (Å²) in [6.45, 7) is 3.91. The van der Waals surface area contributed by atoms with E-state index in [1.165, 1.54) is 0 Å². The van der Waals surface area contributed by atoms with Crippen LogP contribution in [0.1, 0.15) is 23.1 Å². The van der Waals surface area contributed by atoms with E-state index in [1.807, 2.05) is 50.2 Å². The topological polar surface area (TPSA) is 45.4 Å². The summed E-state index contributed by atoms with van der Waals surface area (Å²) in [4.78, 5) is 0. The van der Waals surface area contributed by atoms with Gasteiger partial charge in [0.25, 0.3) is 0 Å². The Hall–Kier alpha value is -1.29. The summed E-state index contributed by atoms with van der Waals surface area (Å²) in [6.07, 6.45) is -1.91. The third-order valence-corrected chi connectivity index (χ3v) is 3.64. The van der Waals surface area contributed by atoms with Gasteiger partial charge < -0.3 is 14.8 Å². The van der Waals surface area contributed by atoms with Crippen LogP contribution in [-0.4, -0.2) is 26.8 Å². The Kier molecular flexibility index (Phi) is 4.30. The van der Waals surface area contributed by atoms with Crippen LogP contribution >= 0.6 is 11.6 Å². The van der Waals surface area contributed by atoms with E-state index in [-0.39, 0.29) is 5.88 Å². The lowest BCUT2D eigenvalue weighted by Gasteiger charge is -2.16. The molecular formula is C15H18ClNO2. The van der Waals surface area contributed by atoms with Crippen molar-refractivity contribution in [2.75, 3.05) is 5.88 Å². The number of hydrogen-bond donors (Lipinski definition) is 2. The van der Waals surface area contributed by atoms with Crippen molar-refractivity contribution in [3.8, 4) is 5.69 Å². The van der Waals surface area contributed by atoms with Gasteiger partial charge in [-0.2, -0.15) is 0 Å². The second-order valence-corrected chi connectivity index (χ2v) is 4.97. The monoisotopic (exact) mass is 279 g/mol. The molecule has 102 valence electrons. The summed E-state index contributed by atoms with van der Waals surface area (Å²) in [7, 11) is 0. The van der Waals surface area contributed by atoms with E-state index >= 15 is 0 Å². The molecular weight excluding hydrogens is 262 g/mol. The first-order valence-corrected chi connectivity index (χ1v) is 6.76. The number of nitrogens with zero attached hydrogens (tertiary/aromatic N) is 1. The maximum atomic E-state index is 10.1. The molecule has 0 saturated carbocycles. The maximum Gasteiger partial charge on any atom is 0.108 e. The van der Waals surface area contributed by atoms with Crippen LogP contribution in [0.15, 0.2) is 36.4 Å². The Morgan fingerprint density at radius 3 is 2.37 bits per heavy atom. The highest BCUT2D eigenvalue weighted by molar-refractivity contribution is 6.18. The van der Waals surface area contributed by atoms with Gasteiger partial charge in [-0.25, -0.2) is 0 Å². The molecule has 19 heavy (non-hydrogen) atoms. The second-order valence-electron chi connectivity index (χ2n) is 4.66. The predicted octanol–water partition coefficient (Wildman–Crippen LogP) is 2.73. The molecule has 0 spiro atoms. The number of rotatable bonds is 4. The van der Waals surface area contributed by atoms with Crippen LogP contribution in [0.5, 0.6) is 0 Å². The average Bonchev–Trinajstić information content (AvgIpc) is 2.73. The molecule has 2 aromatic rings. The predicted molar refractivity (Wildman–Crippen MR) is 76.9 cm³/mol. The Bertz CT molecular complexity index is 551. The minimum Gasteiger partial charge on any atom is -0.389 e. The van der Waals surface area contributed by atoms with Gasteiger partial charge in [-0.1, -0.05) is 18.2 Å². The Morgan fingerprint density at radius 1 is 1.16 bits per heavy atom. The first-order chi connectivity index (χ1) is 9.06. The molecule has 2 atom stereocenters. The van der Waals surface area contributed by atoms with Gasteiger partial charge in [0.15, 0.2) is 0 Å². The number of para-hydroxylation sites is 1. The van der Waals surface area contributed by atoms with Crippen molar-refractivity contribution in [1.29, 1.82) is 0 Å². The number of halogens is 1. The lowest BCUT2D eigenvalue weighted by Crippen LogP contribution is -2.20. The zero-order valence-corrected chi connectivity index (χ0v) is 11.8. The van der Waals surface area contributed by atoms with Crippen molar-refractivity contribution >= 4 is 11.6 Å². The number of aliphatic hydroxyl groups is 2. The molecule has 0 aliphatic heterocycles. The van der Waals surface area contributed by atoms with E-state index in [4.69, 9.17) is 11.6 Å². The van der Waals surface area contributed by atoms with Gasteiger partial charge in [0.2, 0.25) is 0 Å². The van der Waals surface area contributed by atoms with E-state index in [1.54, 1.807) is 0 Å². The number of aryl methyl sites for hydroxylation is 1. The highest BCUT2D eigenvalue weighted by Crippen LogP contribution is 2.27. The third kappa shape index (κ3) is 2.68. The molecule has 4 heteroatoms. The second kappa shape index (κ2) is 5.78. The summed E-state index contributed by atoms with van der Waals surface area (Å²) in [6, 6.07) is 11.8. The number of hydrogen-bond acceptors (Lipinski definition) is 2. The van der Waals surface area contributed by atoms with E-state index < -0.39 is 12.2 Å². The van der Waals surface area contributed by atoms with E-state index in [0.717, 1.165) is 22.6 Å². The van der Waals surface area contributed by atoms with Crippen molar-refractivity contribution in [2.24, 2.45) is 0 Å². The number of aliphatic hydroxyl groups excluding tert-OH is 2. The molecule has 1 aromatic heterocycles. The number of alkyl halides is 1. The smallest absolute Gasteiger partial charge is 0.108 e. The summed E-state index contributed by atoms with van der Waals surface area (Å²) < 4.78 is 2.06. The largest absolute Gasteiger partial charge is 0.389 e. The zero-order chi connectivity index (χ0) is 14.0. The molecule has 0 radical (unpaired) electrons. The Labute approximate surface area is 118 Å². The molecule has 0 amide bonds. The normalized spacial score (nSPS) is 14.4. The van der Waals surface area contributed by atoms with Crippen molar-refractivity contribution < 1.29 is 10.2 Å². The van der Waals surface area contributed by atoms with Crippen LogP contribution in [0.2, 0.25) is 0 Å². The summed E-state index contributed by atoms with van der Waals surface area (Å²) in [5.41, 5.74) is 3.69. The van der Waals surface area contributed by atoms with Gasteiger partial charge in [-0.3, -0.25) is 0 Å². The minimum absolute atomic E-state index is 0.0101. The van der Waals surface area contributed by atoms with Gasteiger partial charge >= 0.3 is 0 Å². The molecule has 0 bridgehead atoms. The summed E-state index contributed by atoms with van der Waals surface area (Å²) in [5.74, 6) is 0.0101. The van der Waals surface area contributed by atoms with Crippen molar-refractivity contribution in [3.05, 3.63) is 53.3 Å². The molecule has 0 aliphatic rings. The van der Waals surface area contributed by atoms with Gasteiger partial charge in [0.1, 0.15) is 6.10 Å². The third-order valence-electron chi connectivity index (χ3n) is 3.33. The molecule has 2 rings (SSSR count). The lowest BCUT2D eigenvalue weighted by molar-refractivity contribution is 0.0323. The van der Waals surface area contributed by atoms with Crippen LogP contribution in [0.25, 0.3) is 5.69 Å². The zero-order valence-electron chi connectivity index (χ0n) is 11.0. The molecule has 0 aliphatic carbocycles. The van der Waals surface area contributed by atoms with Gasteiger partial charge in [-0.15, -0.1) is 11.6 Å². The van der Waals surface area contributed by atoms with Gasteiger partial charge in [0.05, 0.1) is 12.0 Å². The van der Waals surface area contributed by atoms with Crippen molar-refractivity contribution in [3.63, 3.8) is 0 Å². The fourth-order valence-corrected chi connectivity index (χ4v) is 2.52. The van der Waals surface area contributed by atoms with E-state index in [9.17, 15) is 10.2 Å². The molecule has 3 nitrogen and oxygen atoms in total. The molecule has 0 fully saturated rings. The van der Waals surface area contributed by atoms with Gasteiger partial charge in [0, 0.05) is 22.6 Å². The van der Waals surface area contributed by atoms with E-state index in [0.29, 0.717) is 0 Å². The Balaban J connectivity index is 2.46. The van der Waals surface area contributed by atoms with Crippen LogP contribution in [0.3, 0.4) is 0 Å². The standard InChI is InChI=1S/C15H18ClNO2/c1-10-8-13(15(19)14(18)9-16)11(2)17(10)12-6-4-3-5-7-12/h3-8,14-15,18-19H,9H2,1-2H3. The molecule has 2 unspecified atom stereocenters. The fraction of sp³-hybridized carbons (Fsp3) is 0.333.